The maximum absolute atomic E-state index is 13.4. The number of alkyl halides is 3. The van der Waals surface area contributed by atoms with Gasteiger partial charge < -0.3 is 9.88 Å². The third-order valence-corrected chi connectivity index (χ3v) is 7.01. The molecule has 1 fully saturated rings. The molecule has 1 aromatic heterocycles. The number of hydrogen-bond donors (Lipinski definition) is 1. The highest BCUT2D eigenvalue weighted by Crippen LogP contribution is 2.43. The number of carbonyl (C=O) groups excluding carboxylic acids is 1. The largest absolute Gasteiger partial charge is 0.446 e. The number of halogens is 4. The Bertz CT molecular complexity index is 1340. The first-order valence-electron chi connectivity index (χ1n) is 10.8. The zero-order valence-corrected chi connectivity index (χ0v) is 19.5. The number of aromatic amines is 1. The molecule has 1 N–H and O–H groups in total. The van der Waals surface area contributed by atoms with Crippen molar-refractivity contribution in [2.45, 2.75) is 29.3 Å². The van der Waals surface area contributed by atoms with E-state index in [9.17, 15) is 18.0 Å². The first-order chi connectivity index (χ1) is 16.3. The molecule has 1 unspecified atom stereocenters. The Labute approximate surface area is 203 Å². The van der Waals surface area contributed by atoms with Gasteiger partial charge in [0.1, 0.15) is 0 Å². The van der Waals surface area contributed by atoms with Gasteiger partial charge in [0.2, 0.25) is 0 Å². The van der Waals surface area contributed by atoms with Crippen LogP contribution >= 0.6 is 23.4 Å². The van der Waals surface area contributed by atoms with Gasteiger partial charge >= 0.3 is 5.51 Å². The molecule has 1 aliphatic heterocycles. The molecule has 0 radical (unpaired) electrons. The number of carbonyl (C=O) groups is 1. The highest BCUT2D eigenvalue weighted by molar-refractivity contribution is 8.00. The lowest BCUT2D eigenvalue weighted by Crippen LogP contribution is -2.31. The van der Waals surface area contributed by atoms with E-state index in [2.05, 4.69) is 4.98 Å². The van der Waals surface area contributed by atoms with Crippen molar-refractivity contribution < 1.29 is 18.0 Å². The number of nitrogens with zero attached hydrogens (tertiary/aromatic N) is 1. The van der Waals surface area contributed by atoms with Gasteiger partial charge in [-0.25, -0.2) is 0 Å². The van der Waals surface area contributed by atoms with Crippen LogP contribution in [0.4, 0.5) is 13.2 Å². The molecule has 4 aromatic rings. The monoisotopic (exact) mass is 500 g/mol. The summed E-state index contributed by atoms with van der Waals surface area (Å²) >= 11 is 6.12. The Morgan fingerprint density at radius 1 is 1.03 bits per heavy atom. The van der Waals surface area contributed by atoms with Crippen LogP contribution in [0.15, 0.2) is 77.7 Å². The average Bonchev–Trinajstić information content (AvgIpc) is 3.43. The number of aromatic nitrogens is 1. The fraction of sp³-hybridized carbons (Fsp3) is 0.192. The quantitative estimate of drug-likeness (QED) is 0.287. The third kappa shape index (κ3) is 4.55. The van der Waals surface area contributed by atoms with Gasteiger partial charge in [0, 0.05) is 44.2 Å². The molecule has 0 bridgehead atoms. The standard InChI is InChI=1S/C26H20ClF3N2OS/c27-18-10-13-21-20(15-18)23(16-5-2-1-3-6-16)24(31-21)22-7-4-14-32(22)25(33)17-8-11-19(12-9-17)34-26(28,29)30/h1-3,5-6,8-13,15,22,31H,4,7,14H2. The summed E-state index contributed by atoms with van der Waals surface area (Å²) in [7, 11) is 0. The summed E-state index contributed by atoms with van der Waals surface area (Å²) in [5.74, 6) is -0.193. The van der Waals surface area contributed by atoms with E-state index >= 15 is 0 Å². The number of benzene rings is 3. The Morgan fingerprint density at radius 3 is 2.47 bits per heavy atom. The van der Waals surface area contributed by atoms with Gasteiger partial charge in [-0.3, -0.25) is 4.79 Å². The third-order valence-electron chi connectivity index (χ3n) is 6.03. The number of fused-ring (bicyclic) bond motifs is 1. The van der Waals surface area contributed by atoms with E-state index in [0.717, 1.165) is 40.6 Å². The molecule has 5 rings (SSSR count). The van der Waals surface area contributed by atoms with Crippen LogP contribution in [0.1, 0.15) is 34.9 Å². The fourth-order valence-corrected chi connectivity index (χ4v) is 5.34. The number of amides is 1. The second-order valence-electron chi connectivity index (χ2n) is 8.20. The van der Waals surface area contributed by atoms with Crippen LogP contribution in [0.2, 0.25) is 5.02 Å². The van der Waals surface area contributed by atoms with E-state index in [4.69, 9.17) is 11.6 Å². The molecule has 0 spiro atoms. The van der Waals surface area contributed by atoms with Crippen LogP contribution < -0.4 is 0 Å². The minimum Gasteiger partial charge on any atom is -0.356 e. The maximum atomic E-state index is 13.4. The van der Waals surface area contributed by atoms with E-state index in [-0.39, 0.29) is 28.6 Å². The van der Waals surface area contributed by atoms with E-state index in [1.54, 1.807) is 0 Å². The van der Waals surface area contributed by atoms with E-state index in [0.29, 0.717) is 17.1 Å². The Kier molecular flexibility index (Phi) is 6.08. The summed E-state index contributed by atoms with van der Waals surface area (Å²) in [6, 6.07) is 21.1. The highest BCUT2D eigenvalue weighted by atomic mass is 35.5. The highest BCUT2D eigenvalue weighted by Gasteiger charge is 2.34. The normalized spacial score (nSPS) is 16.4. The Morgan fingerprint density at radius 2 is 1.76 bits per heavy atom. The average molecular weight is 501 g/mol. The van der Waals surface area contributed by atoms with Crippen molar-refractivity contribution >= 4 is 40.2 Å². The maximum Gasteiger partial charge on any atom is 0.446 e. The zero-order valence-electron chi connectivity index (χ0n) is 17.9. The second kappa shape index (κ2) is 9.04. The number of thioether (sulfide) groups is 1. The summed E-state index contributed by atoms with van der Waals surface area (Å²) < 4.78 is 38.0. The van der Waals surface area contributed by atoms with Crippen LogP contribution in [0.5, 0.6) is 0 Å². The van der Waals surface area contributed by atoms with Gasteiger partial charge in [0.25, 0.3) is 5.91 Å². The van der Waals surface area contributed by atoms with Crippen molar-refractivity contribution in [3.8, 4) is 11.1 Å². The Balaban J connectivity index is 1.52. The molecule has 34 heavy (non-hydrogen) atoms. The van der Waals surface area contributed by atoms with Crippen LogP contribution in [0.3, 0.4) is 0 Å². The van der Waals surface area contributed by atoms with Gasteiger partial charge in [-0.2, -0.15) is 13.2 Å². The molecule has 3 aromatic carbocycles. The molecule has 1 atom stereocenters. The van der Waals surface area contributed by atoms with E-state index in [1.807, 2.05) is 53.4 Å². The SMILES string of the molecule is O=C(c1ccc(SC(F)(F)F)cc1)N1CCCC1c1[nH]c2ccc(Cl)cc2c1-c1ccccc1. The molecule has 174 valence electrons. The van der Waals surface area contributed by atoms with Crippen molar-refractivity contribution in [3.05, 3.63) is 89.1 Å². The van der Waals surface area contributed by atoms with Crippen molar-refractivity contribution in [2.24, 2.45) is 0 Å². The predicted molar refractivity (Wildman–Crippen MR) is 130 cm³/mol. The van der Waals surface area contributed by atoms with Crippen molar-refractivity contribution in [1.82, 2.24) is 9.88 Å². The number of rotatable bonds is 4. The Hall–Kier alpha value is -2.90. The van der Waals surface area contributed by atoms with E-state index < -0.39 is 5.51 Å². The second-order valence-corrected chi connectivity index (χ2v) is 9.77. The molecule has 8 heteroatoms. The summed E-state index contributed by atoms with van der Waals surface area (Å²) in [5, 5.41) is 1.62. The lowest BCUT2D eigenvalue weighted by atomic mass is 9.97. The number of nitrogens with one attached hydrogen (secondary N) is 1. The van der Waals surface area contributed by atoms with Gasteiger partial charge in [-0.15, -0.1) is 0 Å². The lowest BCUT2D eigenvalue weighted by molar-refractivity contribution is -0.0328. The molecule has 0 aliphatic carbocycles. The fourth-order valence-electron chi connectivity index (χ4n) is 4.63. The zero-order chi connectivity index (χ0) is 23.9. The molecular formula is C26H20ClF3N2OS. The smallest absolute Gasteiger partial charge is 0.356 e. The molecule has 0 saturated carbocycles. The molecular weight excluding hydrogens is 481 g/mol. The molecule has 2 heterocycles. The summed E-state index contributed by atoms with van der Waals surface area (Å²) in [6.45, 7) is 0.576. The first-order valence-corrected chi connectivity index (χ1v) is 12.0. The van der Waals surface area contributed by atoms with Crippen molar-refractivity contribution in [1.29, 1.82) is 0 Å². The summed E-state index contributed by atoms with van der Waals surface area (Å²) in [4.78, 5) is 18.8. The number of likely N-dealkylation sites (tertiary alicyclic amines) is 1. The van der Waals surface area contributed by atoms with Gasteiger partial charge in [-0.05, 0) is 72.6 Å². The molecule has 1 saturated heterocycles. The van der Waals surface area contributed by atoms with Gasteiger partial charge in [0.05, 0.1) is 6.04 Å². The van der Waals surface area contributed by atoms with E-state index in [1.165, 1.54) is 24.3 Å². The number of hydrogen-bond acceptors (Lipinski definition) is 2. The van der Waals surface area contributed by atoms with Crippen LogP contribution in [-0.2, 0) is 0 Å². The van der Waals surface area contributed by atoms with Crippen LogP contribution in [-0.4, -0.2) is 27.8 Å². The van der Waals surface area contributed by atoms with Crippen LogP contribution in [0, 0.1) is 0 Å². The first kappa shape index (κ1) is 22.9. The van der Waals surface area contributed by atoms with Gasteiger partial charge in [0.15, 0.2) is 0 Å². The lowest BCUT2D eigenvalue weighted by Gasteiger charge is -2.25. The molecule has 1 amide bonds. The predicted octanol–water partition coefficient (Wildman–Crippen LogP) is 8.08. The molecule has 3 nitrogen and oxygen atoms in total. The summed E-state index contributed by atoms with van der Waals surface area (Å²) in [5.41, 5.74) is -0.0696. The molecule has 1 aliphatic rings. The summed E-state index contributed by atoms with van der Waals surface area (Å²) in [6.07, 6.45) is 1.62. The topological polar surface area (TPSA) is 36.1 Å². The van der Waals surface area contributed by atoms with Crippen molar-refractivity contribution in [3.63, 3.8) is 0 Å². The minimum atomic E-state index is -4.36. The van der Waals surface area contributed by atoms with Gasteiger partial charge in [-0.1, -0.05) is 41.9 Å². The van der Waals surface area contributed by atoms with Crippen LogP contribution in [0.25, 0.3) is 22.0 Å². The van der Waals surface area contributed by atoms with Crippen molar-refractivity contribution in [2.75, 3.05) is 6.54 Å². The minimum absolute atomic E-state index is 0.0564. The number of H-pyrrole nitrogens is 1.